The highest BCUT2D eigenvalue weighted by atomic mass is 16.5. The molecule has 0 bridgehead atoms. The Hall–Kier alpha value is -1.18. The van der Waals surface area contributed by atoms with Crippen molar-refractivity contribution >= 4 is 5.69 Å². The van der Waals surface area contributed by atoms with Crippen molar-refractivity contribution in [3.05, 3.63) is 23.3 Å². The van der Waals surface area contributed by atoms with Gasteiger partial charge in [0, 0.05) is 12.6 Å². The maximum atomic E-state index is 5.49. The Morgan fingerprint density at radius 2 is 1.80 bits per heavy atom. The van der Waals surface area contributed by atoms with Crippen LogP contribution < -0.4 is 10.1 Å². The van der Waals surface area contributed by atoms with Gasteiger partial charge in [0.1, 0.15) is 5.75 Å². The molecule has 0 aliphatic rings. The number of anilines is 1. The van der Waals surface area contributed by atoms with E-state index in [0.29, 0.717) is 0 Å². The second kappa shape index (κ2) is 4.13. The van der Waals surface area contributed by atoms with Crippen LogP contribution in [0.1, 0.15) is 31.9 Å². The van der Waals surface area contributed by atoms with E-state index in [4.69, 9.17) is 4.74 Å². The first-order chi connectivity index (χ1) is 6.90. The van der Waals surface area contributed by atoms with Crippen molar-refractivity contribution in [2.45, 2.75) is 33.1 Å². The van der Waals surface area contributed by atoms with Gasteiger partial charge in [-0.3, -0.25) is 0 Å². The summed E-state index contributed by atoms with van der Waals surface area (Å²) in [5.41, 5.74) is 3.66. The summed E-state index contributed by atoms with van der Waals surface area (Å²) < 4.78 is 5.49. The SMILES string of the molecule is CNc1cc(C)cc(C(C)(C)C)c1OC. The number of hydrogen-bond acceptors (Lipinski definition) is 2. The highest BCUT2D eigenvalue weighted by Crippen LogP contribution is 2.37. The van der Waals surface area contributed by atoms with E-state index < -0.39 is 0 Å². The Kier molecular flexibility index (Phi) is 3.28. The Morgan fingerprint density at radius 1 is 1.20 bits per heavy atom. The summed E-state index contributed by atoms with van der Waals surface area (Å²) in [4.78, 5) is 0. The predicted octanol–water partition coefficient (Wildman–Crippen LogP) is 3.34. The number of rotatable bonds is 2. The quantitative estimate of drug-likeness (QED) is 0.803. The van der Waals surface area contributed by atoms with E-state index in [1.165, 1.54) is 11.1 Å². The molecule has 0 spiro atoms. The monoisotopic (exact) mass is 207 g/mol. The topological polar surface area (TPSA) is 21.3 Å². The van der Waals surface area contributed by atoms with Gasteiger partial charge in [-0.2, -0.15) is 0 Å². The van der Waals surface area contributed by atoms with Crippen molar-refractivity contribution in [1.29, 1.82) is 0 Å². The van der Waals surface area contributed by atoms with Crippen LogP contribution in [0.3, 0.4) is 0 Å². The molecular formula is C13H21NO. The lowest BCUT2D eigenvalue weighted by Crippen LogP contribution is -2.14. The lowest BCUT2D eigenvalue weighted by Gasteiger charge is -2.24. The second-order valence-electron chi connectivity index (χ2n) is 4.89. The van der Waals surface area contributed by atoms with E-state index in [1.54, 1.807) is 7.11 Å². The fourth-order valence-corrected chi connectivity index (χ4v) is 1.74. The average molecular weight is 207 g/mol. The fourth-order valence-electron chi connectivity index (χ4n) is 1.74. The first-order valence-electron chi connectivity index (χ1n) is 5.27. The van der Waals surface area contributed by atoms with Crippen molar-refractivity contribution in [2.24, 2.45) is 0 Å². The normalized spacial score (nSPS) is 11.3. The van der Waals surface area contributed by atoms with Gasteiger partial charge in [0.05, 0.1) is 12.8 Å². The average Bonchev–Trinajstić information content (AvgIpc) is 2.15. The van der Waals surface area contributed by atoms with Gasteiger partial charge in [0.15, 0.2) is 0 Å². The van der Waals surface area contributed by atoms with E-state index in [0.717, 1.165) is 11.4 Å². The number of nitrogens with one attached hydrogen (secondary N) is 1. The fraction of sp³-hybridized carbons (Fsp3) is 0.538. The van der Waals surface area contributed by atoms with Crippen LogP contribution in [0.15, 0.2) is 12.1 Å². The van der Waals surface area contributed by atoms with Crippen molar-refractivity contribution < 1.29 is 4.74 Å². The molecule has 0 heterocycles. The molecule has 1 rings (SSSR count). The third-order valence-corrected chi connectivity index (χ3v) is 2.51. The summed E-state index contributed by atoms with van der Waals surface area (Å²) in [6, 6.07) is 4.30. The molecule has 84 valence electrons. The second-order valence-corrected chi connectivity index (χ2v) is 4.89. The number of ether oxygens (including phenoxy) is 1. The number of methoxy groups -OCH3 is 1. The summed E-state index contributed by atoms with van der Waals surface area (Å²) >= 11 is 0. The van der Waals surface area contributed by atoms with Gasteiger partial charge in [-0.05, 0) is 24.0 Å². The minimum absolute atomic E-state index is 0.100. The zero-order valence-electron chi connectivity index (χ0n) is 10.6. The molecule has 0 saturated carbocycles. The molecule has 2 nitrogen and oxygen atoms in total. The predicted molar refractivity (Wildman–Crippen MR) is 66.0 cm³/mol. The van der Waals surface area contributed by atoms with Crippen LogP contribution in [-0.4, -0.2) is 14.2 Å². The van der Waals surface area contributed by atoms with Gasteiger partial charge in [-0.25, -0.2) is 0 Å². The van der Waals surface area contributed by atoms with E-state index >= 15 is 0 Å². The summed E-state index contributed by atoms with van der Waals surface area (Å²) in [6.07, 6.45) is 0. The van der Waals surface area contributed by atoms with Gasteiger partial charge in [0.25, 0.3) is 0 Å². The van der Waals surface area contributed by atoms with Crippen molar-refractivity contribution in [2.75, 3.05) is 19.5 Å². The van der Waals surface area contributed by atoms with Crippen molar-refractivity contribution in [3.63, 3.8) is 0 Å². The van der Waals surface area contributed by atoms with Crippen LogP contribution in [0.25, 0.3) is 0 Å². The standard InChI is InChI=1S/C13H21NO/c1-9-7-10(13(2,3)4)12(15-6)11(8-9)14-5/h7-8,14H,1-6H3. The highest BCUT2D eigenvalue weighted by Gasteiger charge is 2.21. The van der Waals surface area contributed by atoms with Crippen LogP contribution in [0, 0.1) is 6.92 Å². The van der Waals surface area contributed by atoms with Crippen molar-refractivity contribution in [3.8, 4) is 5.75 Å². The Labute approximate surface area is 92.6 Å². The molecule has 0 aromatic heterocycles. The Morgan fingerprint density at radius 3 is 2.20 bits per heavy atom. The summed E-state index contributed by atoms with van der Waals surface area (Å²) in [6.45, 7) is 8.70. The van der Waals surface area contributed by atoms with Gasteiger partial charge < -0.3 is 10.1 Å². The molecule has 0 amide bonds. The molecule has 15 heavy (non-hydrogen) atoms. The molecular weight excluding hydrogens is 186 g/mol. The van der Waals surface area contributed by atoms with Crippen LogP contribution in [0.4, 0.5) is 5.69 Å². The smallest absolute Gasteiger partial charge is 0.145 e. The van der Waals surface area contributed by atoms with E-state index in [1.807, 2.05) is 7.05 Å². The first-order valence-corrected chi connectivity index (χ1v) is 5.27. The molecule has 0 radical (unpaired) electrons. The molecule has 1 N–H and O–H groups in total. The number of aryl methyl sites for hydroxylation is 1. The lowest BCUT2D eigenvalue weighted by atomic mass is 9.85. The third kappa shape index (κ3) is 2.44. The van der Waals surface area contributed by atoms with Crippen LogP contribution in [0.2, 0.25) is 0 Å². The molecule has 0 unspecified atom stereocenters. The summed E-state index contributed by atoms with van der Waals surface area (Å²) in [5, 5.41) is 3.17. The van der Waals surface area contributed by atoms with E-state index in [-0.39, 0.29) is 5.41 Å². The number of benzene rings is 1. The largest absolute Gasteiger partial charge is 0.494 e. The molecule has 0 atom stereocenters. The first kappa shape index (κ1) is 11.9. The molecule has 1 aromatic carbocycles. The molecule has 0 fully saturated rings. The van der Waals surface area contributed by atoms with Gasteiger partial charge in [0.2, 0.25) is 0 Å². The van der Waals surface area contributed by atoms with Crippen LogP contribution >= 0.6 is 0 Å². The van der Waals surface area contributed by atoms with E-state index in [9.17, 15) is 0 Å². The van der Waals surface area contributed by atoms with Crippen LogP contribution in [-0.2, 0) is 5.41 Å². The minimum Gasteiger partial charge on any atom is -0.494 e. The zero-order valence-corrected chi connectivity index (χ0v) is 10.6. The van der Waals surface area contributed by atoms with Crippen LogP contribution in [0.5, 0.6) is 5.75 Å². The van der Waals surface area contributed by atoms with Crippen molar-refractivity contribution in [1.82, 2.24) is 0 Å². The van der Waals surface area contributed by atoms with Gasteiger partial charge in [-0.1, -0.05) is 26.8 Å². The summed E-state index contributed by atoms with van der Waals surface area (Å²) in [5.74, 6) is 0.954. The molecule has 1 aromatic rings. The molecule has 0 saturated heterocycles. The lowest BCUT2D eigenvalue weighted by molar-refractivity contribution is 0.399. The Balaban J connectivity index is 3.42. The summed E-state index contributed by atoms with van der Waals surface area (Å²) in [7, 11) is 3.64. The van der Waals surface area contributed by atoms with E-state index in [2.05, 4.69) is 45.1 Å². The molecule has 2 heteroatoms. The minimum atomic E-state index is 0.100. The maximum Gasteiger partial charge on any atom is 0.145 e. The third-order valence-electron chi connectivity index (χ3n) is 2.51. The molecule has 0 aliphatic heterocycles. The Bertz CT molecular complexity index is 350. The number of hydrogen-bond donors (Lipinski definition) is 1. The zero-order chi connectivity index (χ0) is 11.6. The van der Waals surface area contributed by atoms with Gasteiger partial charge in [-0.15, -0.1) is 0 Å². The highest BCUT2D eigenvalue weighted by molar-refractivity contribution is 5.63. The van der Waals surface area contributed by atoms with Gasteiger partial charge >= 0.3 is 0 Å². The maximum absolute atomic E-state index is 5.49. The molecule has 0 aliphatic carbocycles.